The van der Waals surface area contributed by atoms with Gasteiger partial charge in [-0.2, -0.15) is 0 Å². The summed E-state index contributed by atoms with van der Waals surface area (Å²) in [6.45, 7) is 6.82. The highest BCUT2D eigenvalue weighted by Gasteiger charge is 2.21. The Morgan fingerprint density at radius 1 is 1.32 bits per heavy atom. The largest absolute Gasteiger partial charge is 0.376 e. The molecule has 0 aliphatic carbocycles. The fourth-order valence-electron chi connectivity index (χ4n) is 2.53. The van der Waals surface area contributed by atoms with Crippen LogP contribution in [0.3, 0.4) is 0 Å². The molecular formula is C19H28N2O4. The van der Waals surface area contributed by atoms with Gasteiger partial charge in [-0.15, -0.1) is 0 Å². The van der Waals surface area contributed by atoms with Gasteiger partial charge >= 0.3 is 0 Å². The number of anilines is 1. The summed E-state index contributed by atoms with van der Waals surface area (Å²) in [4.78, 5) is 24.7. The van der Waals surface area contributed by atoms with Crippen LogP contribution in [0.1, 0.15) is 50.4 Å². The van der Waals surface area contributed by atoms with Gasteiger partial charge in [-0.25, -0.2) is 0 Å². The molecule has 0 radical (unpaired) electrons. The Kier molecular flexibility index (Phi) is 7.40. The number of para-hydroxylation sites is 1. The molecule has 6 heteroatoms. The van der Waals surface area contributed by atoms with Crippen LogP contribution in [-0.2, 0) is 14.3 Å². The van der Waals surface area contributed by atoms with Crippen molar-refractivity contribution in [3.8, 4) is 0 Å². The second-order valence-corrected chi connectivity index (χ2v) is 6.43. The van der Waals surface area contributed by atoms with E-state index < -0.39 is 6.10 Å². The molecule has 2 amide bonds. The number of hydrogen-bond acceptors (Lipinski definition) is 4. The Morgan fingerprint density at radius 2 is 2.08 bits per heavy atom. The summed E-state index contributed by atoms with van der Waals surface area (Å²) in [7, 11) is 0. The van der Waals surface area contributed by atoms with Crippen molar-refractivity contribution in [2.75, 3.05) is 18.5 Å². The second-order valence-electron chi connectivity index (χ2n) is 6.43. The summed E-state index contributed by atoms with van der Waals surface area (Å²) in [5, 5.41) is 5.71. The normalized spacial score (nSPS) is 19.2. The van der Waals surface area contributed by atoms with Crippen LogP contribution in [0.25, 0.3) is 0 Å². The quantitative estimate of drug-likeness (QED) is 0.757. The molecule has 1 aromatic carbocycles. The van der Waals surface area contributed by atoms with Gasteiger partial charge in [0.2, 0.25) is 0 Å². The minimum atomic E-state index is -0.616. The van der Waals surface area contributed by atoms with E-state index in [1.807, 2.05) is 13.8 Å². The number of carbonyl (C=O) groups excluding carboxylic acids is 2. The molecule has 1 saturated heterocycles. The zero-order valence-corrected chi connectivity index (χ0v) is 15.2. The number of carbonyl (C=O) groups is 2. The molecule has 6 nitrogen and oxygen atoms in total. The molecule has 1 aliphatic rings. The Hall–Kier alpha value is -1.92. The third kappa shape index (κ3) is 5.83. The van der Waals surface area contributed by atoms with Crippen LogP contribution in [0.5, 0.6) is 0 Å². The molecule has 0 saturated carbocycles. The lowest BCUT2D eigenvalue weighted by Crippen LogP contribution is -2.34. The van der Waals surface area contributed by atoms with Crippen molar-refractivity contribution in [2.24, 2.45) is 0 Å². The first-order valence-corrected chi connectivity index (χ1v) is 8.95. The fourth-order valence-corrected chi connectivity index (χ4v) is 2.53. The van der Waals surface area contributed by atoms with Crippen LogP contribution in [0.15, 0.2) is 24.3 Å². The number of amides is 2. The van der Waals surface area contributed by atoms with Crippen LogP contribution in [0.2, 0.25) is 0 Å². The maximum atomic E-state index is 12.4. The lowest BCUT2D eigenvalue weighted by atomic mass is 10.1. The second kappa shape index (κ2) is 9.53. The highest BCUT2D eigenvalue weighted by molar-refractivity contribution is 6.04. The molecule has 2 rings (SSSR count). The SMILES string of the molecule is CC[C@H](C)NC(=O)c1ccccc1NC(=O)[C@H](C)OC[C@@H]1CCCO1. The van der Waals surface area contributed by atoms with Crippen molar-refractivity contribution in [1.82, 2.24) is 5.32 Å². The maximum absolute atomic E-state index is 12.4. The van der Waals surface area contributed by atoms with E-state index in [1.54, 1.807) is 31.2 Å². The third-order valence-electron chi connectivity index (χ3n) is 4.34. The van der Waals surface area contributed by atoms with E-state index in [2.05, 4.69) is 10.6 Å². The molecule has 1 aromatic rings. The predicted octanol–water partition coefficient (Wildman–Crippen LogP) is 2.74. The van der Waals surface area contributed by atoms with Crippen LogP contribution in [0, 0.1) is 0 Å². The molecule has 0 unspecified atom stereocenters. The van der Waals surface area contributed by atoms with Crippen LogP contribution < -0.4 is 10.6 Å². The highest BCUT2D eigenvalue weighted by atomic mass is 16.5. The molecule has 138 valence electrons. The smallest absolute Gasteiger partial charge is 0.253 e. The van der Waals surface area contributed by atoms with Gasteiger partial charge in [-0.1, -0.05) is 19.1 Å². The summed E-state index contributed by atoms with van der Waals surface area (Å²) >= 11 is 0. The topological polar surface area (TPSA) is 76.7 Å². The van der Waals surface area contributed by atoms with Gasteiger partial charge in [0, 0.05) is 12.6 Å². The monoisotopic (exact) mass is 348 g/mol. The van der Waals surface area contributed by atoms with Gasteiger partial charge in [0.15, 0.2) is 0 Å². The molecule has 0 bridgehead atoms. The molecule has 3 atom stereocenters. The van der Waals surface area contributed by atoms with Gasteiger partial charge in [-0.05, 0) is 45.2 Å². The van der Waals surface area contributed by atoms with E-state index in [1.165, 1.54) is 0 Å². The Morgan fingerprint density at radius 3 is 2.76 bits per heavy atom. The van der Waals surface area contributed by atoms with Crippen molar-refractivity contribution in [2.45, 2.75) is 58.3 Å². The number of nitrogens with one attached hydrogen (secondary N) is 2. The molecule has 1 fully saturated rings. The minimum Gasteiger partial charge on any atom is -0.376 e. The van der Waals surface area contributed by atoms with Crippen molar-refractivity contribution < 1.29 is 19.1 Å². The molecule has 1 aliphatic heterocycles. The molecule has 1 heterocycles. The first-order chi connectivity index (χ1) is 12.0. The van der Waals surface area contributed by atoms with E-state index in [0.29, 0.717) is 17.9 Å². The van der Waals surface area contributed by atoms with Gasteiger partial charge in [0.05, 0.1) is 24.0 Å². The first-order valence-electron chi connectivity index (χ1n) is 8.95. The molecular weight excluding hydrogens is 320 g/mol. The van der Waals surface area contributed by atoms with E-state index in [0.717, 1.165) is 25.9 Å². The van der Waals surface area contributed by atoms with E-state index in [9.17, 15) is 9.59 Å². The molecule has 0 aromatic heterocycles. The third-order valence-corrected chi connectivity index (χ3v) is 4.34. The number of benzene rings is 1. The summed E-state index contributed by atoms with van der Waals surface area (Å²) < 4.78 is 11.1. The Labute approximate surface area is 149 Å². The summed E-state index contributed by atoms with van der Waals surface area (Å²) in [6, 6.07) is 7.05. The van der Waals surface area contributed by atoms with Crippen LogP contribution >= 0.6 is 0 Å². The van der Waals surface area contributed by atoms with Crippen molar-refractivity contribution in [1.29, 1.82) is 0 Å². The van der Waals surface area contributed by atoms with Crippen molar-refractivity contribution >= 4 is 17.5 Å². The Bertz CT molecular complexity index is 585. The average molecular weight is 348 g/mol. The highest BCUT2D eigenvalue weighted by Crippen LogP contribution is 2.17. The number of rotatable bonds is 8. The molecule has 0 spiro atoms. The minimum absolute atomic E-state index is 0.0730. The Balaban J connectivity index is 1.94. The molecule has 25 heavy (non-hydrogen) atoms. The number of ether oxygens (including phenoxy) is 2. The predicted molar refractivity (Wildman–Crippen MR) is 96.7 cm³/mol. The van der Waals surface area contributed by atoms with E-state index in [4.69, 9.17) is 9.47 Å². The fraction of sp³-hybridized carbons (Fsp3) is 0.579. The lowest BCUT2D eigenvalue weighted by molar-refractivity contribution is -0.128. The van der Waals surface area contributed by atoms with Gasteiger partial charge in [0.1, 0.15) is 6.10 Å². The van der Waals surface area contributed by atoms with Crippen LogP contribution in [0.4, 0.5) is 5.69 Å². The first kappa shape index (κ1) is 19.4. The van der Waals surface area contributed by atoms with Gasteiger partial charge in [-0.3, -0.25) is 9.59 Å². The summed E-state index contributed by atoms with van der Waals surface area (Å²) in [5.41, 5.74) is 0.934. The zero-order valence-electron chi connectivity index (χ0n) is 15.2. The van der Waals surface area contributed by atoms with Crippen LogP contribution in [-0.4, -0.2) is 43.3 Å². The van der Waals surface area contributed by atoms with E-state index >= 15 is 0 Å². The zero-order chi connectivity index (χ0) is 18.2. The van der Waals surface area contributed by atoms with Crippen molar-refractivity contribution in [3.05, 3.63) is 29.8 Å². The average Bonchev–Trinajstić information content (AvgIpc) is 3.13. The molecule has 2 N–H and O–H groups in total. The maximum Gasteiger partial charge on any atom is 0.253 e. The van der Waals surface area contributed by atoms with Gasteiger partial charge in [0.25, 0.3) is 11.8 Å². The van der Waals surface area contributed by atoms with Gasteiger partial charge < -0.3 is 20.1 Å². The summed E-state index contributed by atoms with van der Waals surface area (Å²) in [5.74, 6) is -0.472. The van der Waals surface area contributed by atoms with E-state index in [-0.39, 0.29) is 24.0 Å². The lowest BCUT2D eigenvalue weighted by Gasteiger charge is -2.18. The number of hydrogen-bond donors (Lipinski definition) is 2. The van der Waals surface area contributed by atoms with Crippen molar-refractivity contribution in [3.63, 3.8) is 0 Å². The standard InChI is InChI=1S/C19H28N2O4/c1-4-13(2)20-19(23)16-9-5-6-10-17(16)21-18(22)14(3)25-12-15-8-7-11-24-15/h5-6,9-10,13-15H,4,7-8,11-12H2,1-3H3,(H,20,23)(H,21,22)/t13-,14-,15-/m0/s1. The summed E-state index contributed by atoms with van der Waals surface area (Å²) in [6.07, 6.45) is 2.30.